The molecule has 1 heterocycles. The Labute approximate surface area is 121 Å². The summed E-state index contributed by atoms with van der Waals surface area (Å²) in [6.07, 6.45) is 0. The van der Waals surface area contributed by atoms with Gasteiger partial charge in [-0.05, 0) is 32.0 Å². The maximum absolute atomic E-state index is 12.2. The van der Waals surface area contributed by atoms with Gasteiger partial charge in [-0.15, -0.1) is 0 Å². The van der Waals surface area contributed by atoms with Gasteiger partial charge in [0.05, 0.1) is 9.82 Å². The molecule has 1 N–H and O–H groups in total. The fraction of sp³-hybridized carbons (Fsp3) is 0.154. The lowest BCUT2D eigenvalue weighted by molar-refractivity contribution is -0.385. The lowest BCUT2D eigenvalue weighted by Crippen LogP contribution is -2.14. The molecule has 0 atom stereocenters. The first-order valence-corrected chi connectivity index (χ1v) is 7.49. The monoisotopic (exact) mass is 307 g/mol. The van der Waals surface area contributed by atoms with Gasteiger partial charge < -0.3 is 0 Å². The summed E-state index contributed by atoms with van der Waals surface area (Å²) in [7, 11) is -3.92. The van der Waals surface area contributed by atoms with E-state index in [1.54, 1.807) is 26.0 Å². The number of aryl methyl sites for hydroxylation is 2. The molecule has 1 aromatic heterocycles. The minimum atomic E-state index is -3.92. The zero-order valence-electron chi connectivity index (χ0n) is 11.4. The molecule has 7 nitrogen and oxygen atoms in total. The van der Waals surface area contributed by atoms with E-state index in [0.29, 0.717) is 11.3 Å². The molecule has 8 heteroatoms. The number of benzene rings is 1. The number of anilines is 1. The van der Waals surface area contributed by atoms with Crippen LogP contribution in [0.4, 0.5) is 11.5 Å². The van der Waals surface area contributed by atoms with Crippen LogP contribution in [0.2, 0.25) is 0 Å². The molecule has 0 amide bonds. The van der Waals surface area contributed by atoms with Crippen LogP contribution in [-0.4, -0.2) is 18.3 Å². The molecule has 0 saturated heterocycles. The Balaban J connectivity index is 2.40. The summed E-state index contributed by atoms with van der Waals surface area (Å²) >= 11 is 0. The minimum Gasteiger partial charge on any atom is -0.263 e. The van der Waals surface area contributed by atoms with Crippen LogP contribution < -0.4 is 4.72 Å². The molecule has 2 rings (SSSR count). The van der Waals surface area contributed by atoms with Gasteiger partial charge in [0.2, 0.25) is 0 Å². The SMILES string of the molecule is Cc1cccc(NS(=O)(=O)c2ccc(C)c([N+](=O)[O-])c2)n1. The Kier molecular flexibility index (Phi) is 3.90. The van der Waals surface area contributed by atoms with Gasteiger partial charge >= 0.3 is 0 Å². The largest absolute Gasteiger partial charge is 0.273 e. The number of nitro benzene ring substituents is 1. The molecule has 0 aliphatic rings. The van der Waals surface area contributed by atoms with E-state index in [-0.39, 0.29) is 16.4 Å². The number of nitro groups is 1. The van der Waals surface area contributed by atoms with Gasteiger partial charge in [0.1, 0.15) is 5.82 Å². The first-order valence-electron chi connectivity index (χ1n) is 6.01. The predicted octanol–water partition coefficient (Wildman–Crippen LogP) is 2.41. The Morgan fingerprint density at radius 2 is 1.90 bits per heavy atom. The average molecular weight is 307 g/mol. The summed E-state index contributed by atoms with van der Waals surface area (Å²) < 4.78 is 26.8. The molecule has 0 aliphatic carbocycles. The van der Waals surface area contributed by atoms with Crippen molar-refractivity contribution in [1.82, 2.24) is 4.98 Å². The van der Waals surface area contributed by atoms with E-state index >= 15 is 0 Å². The molecule has 0 saturated carbocycles. The van der Waals surface area contributed by atoms with Crippen molar-refractivity contribution in [2.45, 2.75) is 18.7 Å². The van der Waals surface area contributed by atoms with Crippen molar-refractivity contribution >= 4 is 21.5 Å². The molecule has 1 aromatic carbocycles. The fourth-order valence-electron chi connectivity index (χ4n) is 1.75. The Bertz CT molecular complexity index is 803. The first-order chi connectivity index (χ1) is 9.79. The van der Waals surface area contributed by atoms with Crippen LogP contribution >= 0.6 is 0 Å². The second-order valence-corrected chi connectivity index (χ2v) is 6.16. The van der Waals surface area contributed by atoms with Gasteiger partial charge in [0, 0.05) is 17.3 Å². The van der Waals surface area contributed by atoms with Crippen LogP contribution in [0, 0.1) is 24.0 Å². The normalized spacial score (nSPS) is 11.1. The number of nitrogens with one attached hydrogen (secondary N) is 1. The molecule has 0 fully saturated rings. The number of hydrogen-bond acceptors (Lipinski definition) is 5. The van der Waals surface area contributed by atoms with Crippen molar-refractivity contribution < 1.29 is 13.3 Å². The first kappa shape index (κ1) is 14.9. The van der Waals surface area contributed by atoms with Crippen LogP contribution in [0.25, 0.3) is 0 Å². The number of nitrogens with zero attached hydrogens (tertiary/aromatic N) is 2. The standard InChI is InChI=1S/C13H13N3O4S/c1-9-6-7-11(8-12(9)16(17)18)21(19,20)15-13-5-3-4-10(2)14-13/h3-8H,1-2H3,(H,14,15). The average Bonchev–Trinajstić information content (AvgIpc) is 2.38. The highest BCUT2D eigenvalue weighted by molar-refractivity contribution is 7.92. The fourth-order valence-corrected chi connectivity index (χ4v) is 2.77. The topological polar surface area (TPSA) is 102 Å². The van der Waals surface area contributed by atoms with Crippen molar-refractivity contribution in [1.29, 1.82) is 0 Å². The van der Waals surface area contributed by atoms with Crippen molar-refractivity contribution in [2.75, 3.05) is 4.72 Å². The van der Waals surface area contributed by atoms with Gasteiger partial charge in [-0.3, -0.25) is 14.8 Å². The Morgan fingerprint density at radius 1 is 1.19 bits per heavy atom. The quantitative estimate of drug-likeness (QED) is 0.690. The van der Waals surface area contributed by atoms with Gasteiger partial charge in [-0.25, -0.2) is 13.4 Å². The molecule has 0 unspecified atom stereocenters. The Morgan fingerprint density at radius 3 is 2.52 bits per heavy atom. The molecule has 21 heavy (non-hydrogen) atoms. The predicted molar refractivity (Wildman–Crippen MR) is 77.6 cm³/mol. The summed E-state index contributed by atoms with van der Waals surface area (Å²) in [6, 6.07) is 8.66. The number of rotatable bonds is 4. The van der Waals surface area contributed by atoms with Gasteiger partial charge in [0.15, 0.2) is 0 Å². The van der Waals surface area contributed by atoms with E-state index in [4.69, 9.17) is 0 Å². The van der Waals surface area contributed by atoms with Crippen LogP contribution in [0.1, 0.15) is 11.3 Å². The van der Waals surface area contributed by atoms with Gasteiger partial charge in [-0.1, -0.05) is 12.1 Å². The third-order valence-corrected chi connectivity index (χ3v) is 4.17. The van der Waals surface area contributed by atoms with Crippen LogP contribution in [0.15, 0.2) is 41.3 Å². The third-order valence-electron chi connectivity index (χ3n) is 2.81. The summed E-state index contributed by atoms with van der Waals surface area (Å²) in [5.41, 5.74) is 0.813. The molecule has 0 bridgehead atoms. The maximum Gasteiger partial charge on any atom is 0.273 e. The lowest BCUT2D eigenvalue weighted by Gasteiger charge is -2.08. The Hall–Kier alpha value is -2.48. The summed E-state index contributed by atoms with van der Waals surface area (Å²) in [5, 5.41) is 10.9. The van der Waals surface area contributed by atoms with Crippen molar-refractivity contribution in [3.05, 3.63) is 57.8 Å². The molecule has 110 valence electrons. The molecule has 2 aromatic rings. The number of sulfonamides is 1. The van der Waals surface area contributed by atoms with Crippen molar-refractivity contribution in [2.24, 2.45) is 0 Å². The number of pyridine rings is 1. The second-order valence-electron chi connectivity index (χ2n) is 4.48. The highest BCUT2D eigenvalue weighted by Crippen LogP contribution is 2.23. The van der Waals surface area contributed by atoms with Crippen LogP contribution in [0.3, 0.4) is 0 Å². The van der Waals surface area contributed by atoms with E-state index in [1.165, 1.54) is 18.2 Å². The number of aromatic nitrogens is 1. The summed E-state index contributed by atoms with van der Waals surface area (Å²) in [4.78, 5) is 14.1. The highest BCUT2D eigenvalue weighted by Gasteiger charge is 2.20. The minimum absolute atomic E-state index is 0.165. The molecule has 0 radical (unpaired) electrons. The highest BCUT2D eigenvalue weighted by atomic mass is 32.2. The van der Waals surface area contributed by atoms with Gasteiger partial charge in [-0.2, -0.15) is 0 Å². The van der Waals surface area contributed by atoms with Crippen molar-refractivity contribution in [3.8, 4) is 0 Å². The number of hydrogen-bond donors (Lipinski definition) is 1. The van der Waals surface area contributed by atoms with E-state index in [9.17, 15) is 18.5 Å². The molecule has 0 spiro atoms. The van der Waals surface area contributed by atoms with E-state index in [2.05, 4.69) is 9.71 Å². The maximum atomic E-state index is 12.2. The van der Waals surface area contributed by atoms with Crippen molar-refractivity contribution in [3.63, 3.8) is 0 Å². The van der Waals surface area contributed by atoms with E-state index in [1.807, 2.05) is 0 Å². The zero-order valence-corrected chi connectivity index (χ0v) is 12.2. The zero-order chi connectivity index (χ0) is 15.6. The molecular formula is C13H13N3O4S. The summed E-state index contributed by atoms with van der Waals surface area (Å²) in [6.45, 7) is 3.28. The smallest absolute Gasteiger partial charge is 0.263 e. The molecule has 0 aliphatic heterocycles. The van der Waals surface area contributed by atoms with Crippen LogP contribution in [-0.2, 0) is 10.0 Å². The van der Waals surface area contributed by atoms with Crippen LogP contribution in [0.5, 0.6) is 0 Å². The third kappa shape index (κ3) is 3.34. The summed E-state index contributed by atoms with van der Waals surface area (Å²) in [5.74, 6) is 0.165. The van der Waals surface area contributed by atoms with E-state index < -0.39 is 14.9 Å². The lowest BCUT2D eigenvalue weighted by atomic mass is 10.2. The second kappa shape index (κ2) is 5.49. The molecular weight excluding hydrogens is 294 g/mol. The van der Waals surface area contributed by atoms with E-state index in [0.717, 1.165) is 6.07 Å². The van der Waals surface area contributed by atoms with Gasteiger partial charge in [0.25, 0.3) is 15.7 Å².